The number of carbonyl (C=O) groups excluding carboxylic acids is 1. The summed E-state index contributed by atoms with van der Waals surface area (Å²) < 4.78 is 33.3. The largest absolute Gasteiger partial charge is 0.484 e. The number of piperazine rings is 1. The molecule has 2 fully saturated rings. The topological polar surface area (TPSA) is 79.0 Å². The van der Waals surface area contributed by atoms with E-state index < -0.39 is 10.0 Å². The molecule has 1 aliphatic heterocycles. The molecule has 0 spiro atoms. The van der Waals surface area contributed by atoms with Gasteiger partial charge in [-0.2, -0.15) is 0 Å². The van der Waals surface area contributed by atoms with Crippen LogP contribution in [0.3, 0.4) is 0 Å². The van der Waals surface area contributed by atoms with Gasteiger partial charge in [-0.25, -0.2) is 13.1 Å². The first kappa shape index (κ1) is 20.1. The minimum absolute atomic E-state index is 0.0286. The van der Waals surface area contributed by atoms with Crippen molar-refractivity contribution in [2.75, 3.05) is 39.8 Å². The van der Waals surface area contributed by atoms with E-state index in [0.717, 1.165) is 38.8 Å². The number of benzene rings is 1. The van der Waals surface area contributed by atoms with Crippen molar-refractivity contribution in [1.29, 1.82) is 0 Å². The minimum atomic E-state index is -3.52. The third kappa shape index (κ3) is 5.67. The standard InChI is InChI=1S/C19H29N3O4S/c1-21-11-13-22(14-12-21)19(23)15-26-17-7-9-18(10-8-17)27(24,25)20-16-5-3-2-4-6-16/h7-10,16,20H,2-6,11-15H2,1H3. The molecule has 7 nitrogen and oxygen atoms in total. The lowest BCUT2D eigenvalue weighted by Gasteiger charge is -2.32. The van der Waals surface area contributed by atoms with Gasteiger partial charge in [0.05, 0.1) is 4.90 Å². The van der Waals surface area contributed by atoms with Crippen LogP contribution in [0.2, 0.25) is 0 Å². The molecule has 1 amide bonds. The van der Waals surface area contributed by atoms with Gasteiger partial charge in [0, 0.05) is 32.2 Å². The molecule has 1 aliphatic carbocycles. The second kappa shape index (κ2) is 9.03. The summed E-state index contributed by atoms with van der Waals surface area (Å²) in [6, 6.07) is 6.29. The first-order valence-electron chi connectivity index (χ1n) is 9.65. The molecule has 1 heterocycles. The van der Waals surface area contributed by atoms with Gasteiger partial charge in [0.1, 0.15) is 5.75 Å². The average Bonchev–Trinajstić information content (AvgIpc) is 2.67. The van der Waals surface area contributed by atoms with Gasteiger partial charge in [0.25, 0.3) is 5.91 Å². The van der Waals surface area contributed by atoms with Crippen LogP contribution in [0, 0.1) is 0 Å². The molecule has 0 atom stereocenters. The van der Waals surface area contributed by atoms with Crippen LogP contribution < -0.4 is 9.46 Å². The fraction of sp³-hybridized carbons (Fsp3) is 0.632. The predicted molar refractivity (Wildman–Crippen MR) is 103 cm³/mol. The quantitative estimate of drug-likeness (QED) is 0.789. The minimum Gasteiger partial charge on any atom is -0.484 e. The van der Waals surface area contributed by atoms with Gasteiger partial charge in [0.2, 0.25) is 10.0 Å². The SMILES string of the molecule is CN1CCN(C(=O)COc2ccc(S(=O)(=O)NC3CCCCC3)cc2)CC1. The number of rotatable bonds is 6. The molecule has 1 saturated heterocycles. The van der Waals surface area contributed by atoms with Gasteiger partial charge in [-0.3, -0.25) is 4.79 Å². The molecule has 1 saturated carbocycles. The highest BCUT2D eigenvalue weighted by Crippen LogP contribution is 2.21. The average molecular weight is 396 g/mol. The highest BCUT2D eigenvalue weighted by molar-refractivity contribution is 7.89. The van der Waals surface area contributed by atoms with Crippen molar-refractivity contribution in [3.63, 3.8) is 0 Å². The van der Waals surface area contributed by atoms with E-state index in [1.54, 1.807) is 17.0 Å². The summed E-state index contributed by atoms with van der Waals surface area (Å²) in [5.74, 6) is 0.452. The summed E-state index contributed by atoms with van der Waals surface area (Å²) in [6.45, 7) is 3.13. The number of carbonyl (C=O) groups is 1. The molecule has 0 unspecified atom stereocenters. The third-order valence-electron chi connectivity index (χ3n) is 5.28. The fourth-order valence-electron chi connectivity index (χ4n) is 3.52. The molecular formula is C19H29N3O4S. The fourth-order valence-corrected chi connectivity index (χ4v) is 4.82. The van der Waals surface area contributed by atoms with Crippen LogP contribution in [0.5, 0.6) is 5.75 Å². The van der Waals surface area contributed by atoms with Crippen molar-refractivity contribution in [3.05, 3.63) is 24.3 Å². The van der Waals surface area contributed by atoms with Crippen molar-refractivity contribution in [3.8, 4) is 5.75 Å². The normalized spacial score (nSPS) is 19.8. The van der Waals surface area contributed by atoms with E-state index in [0.29, 0.717) is 18.8 Å². The van der Waals surface area contributed by atoms with Gasteiger partial charge < -0.3 is 14.5 Å². The summed E-state index contributed by atoms with van der Waals surface area (Å²) in [7, 11) is -1.48. The van der Waals surface area contributed by atoms with Crippen LogP contribution in [0.25, 0.3) is 0 Å². The van der Waals surface area contributed by atoms with Crippen molar-refractivity contribution in [2.24, 2.45) is 0 Å². The maximum absolute atomic E-state index is 12.5. The third-order valence-corrected chi connectivity index (χ3v) is 6.82. The highest BCUT2D eigenvalue weighted by Gasteiger charge is 2.22. The van der Waals surface area contributed by atoms with Gasteiger partial charge in [0.15, 0.2) is 6.61 Å². The molecule has 0 radical (unpaired) electrons. The maximum atomic E-state index is 12.5. The van der Waals surface area contributed by atoms with E-state index in [4.69, 9.17) is 4.74 Å². The maximum Gasteiger partial charge on any atom is 0.260 e. The number of nitrogens with one attached hydrogen (secondary N) is 1. The molecule has 0 aromatic heterocycles. The van der Waals surface area contributed by atoms with Crippen molar-refractivity contribution >= 4 is 15.9 Å². The van der Waals surface area contributed by atoms with E-state index >= 15 is 0 Å². The Hall–Kier alpha value is -1.64. The molecule has 1 aromatic rings. The molecular weight excluding hydrogens is 366 g/mol. The van der Waals surface area contributed by atoms with Crippen LogP contribution in [0.1, 0.15) is 32.1 Å². The van der Waals surface area contributed by atoms with Gasteiger partial charge in [-0.1, -0.05) is 19.3 Å². The summed E-state index contributed by atoms with van der Waals surface area (Å²) in [5.41, 5.74) is 0. The number of ether oxygens (including phenoxy) is 1. The lowest BCUT2D eigenvalue weighted by Crippen LogP contribution is -2.48. The Bertz CT molecular complexity index is 722. The molecule has 27 heavy (non-hydrogen) atoms. The molecule has 0 bridgehead atoms. The lowest BCUT2D eigenvalue weighted by molar-refractivity contribution is -0.134. The molecule has 1 N–H and O–H groups in total. The Labute approximate surface area is 161 Å². The van der Waals surface area contributed by atoms with Crippen molar-refractivity contribution in [1.82, 2.24) is 14.5 Å². The summed E-state index contributed by atoms with van der Waals surface area (Å²) >= 11 is 0. The number of likely N-dealkylation sites (N-methyl/N-ethyl adjacent to an activating group) is 1. The Balaban J connectivity index is 1.51. The van der Waals surface area contributed by atoms with Gasteiger partial charge in [-0.15, -0.1) is 0 Å². The van der Waals surface area contributed by atoms with Crippen molar-refractivity contribution < 1.29 is 17.9 Å². The Morgan fingerprint density at radius 2 is 1.70 bits per heavy atom. The monoisotopic (exact) mass is 395 g/mol. The zero-order chi connectivity index (χ0) is 19.3. The summed E-state index contributed by atoms with van der Waals surface area (Å²) in [5, 5.41) is 0. The number of sulfonamides is 1. The predicted octanol–water partition coefficient (Wildman–Crippen LogP) is 1.45. The van der Waals surface area contributed by atoms with Crippen LogP contribution in [0.4, 0.5) is 0 Å². The van der Waals surface area contributed by atoms with Gasteiger partial charge in [-0.05, 0) is 44.2 Å². The van der Waals surface area contributed by atoms with Crippen molar-refractivity contribution in [2.45, 2.75) is 43.0 Å². The van der Waals surface area contributed by atoms with Crippen LogP contribution in [0.15, 0.2) is 29.2 Å². The van der Waals surface area contributed by atoms with Gasteiger partial charge >= 0.3 is 0 Å². The zero-order valence-electron chi connectivity index (χ0n) is 15.9. The van der Waals surface area contributed by atoms with Crippen LogP contribution >= 0.6 is 0 Å². The van der Waals surface area contributed by atoms with E-state index in [9.17, 15) is 13.2 Å². The van der Waals surface area contributed by atoms with E-state index in [-0.39, 0.29) is 23.5 Å². The molecule has 2 aliphatic rings. The molecule has 1 aromatic carbocycles. The van der Waals surface area contributed by atoms with E-state index in [2.05, 4.69) is 9.62 Å². The van der Waals surface area contributed by atoms with E-state index in [1.807, 2.05) is 7.05 Å². The lowest BCUT2D eigenvalue weighted by atomic mass is 9.96. The second-order valence-electron chi connectivity index (χ2n) is 7.40. The summed E-state index contributed by atoms with van der Waals surface area (Å²) in [6.07, 6.45) is 5.11. The highest BCUT2D eigenvalue weighted by atomic mass is 32.2. The first-order chi connectivity index (χ1) is 12.9. The summed E-state index contributed by atoms with van der Waals surface area (Å²) in [4.78, 5) is 16.4. The molecule has 3 rings (SSSR count). The van der Waals surface area contributed by atoms with Crippen LogP contribution in [-0.4, -0.2) is 70.0 Å². The molecule has 150 valence electrons. The molecule has 8 heteroatoms. The Kier molecular flexibility index (Phi) is 6.73. The zero-order valence-corrected chi connectivity index (χ0v) is 16.7. The Morgan fingerprint density at radius 3 is 2.33 bits per heavy atom. The number of hydrogen-bond donors (Lipinski definition) is 1. The Morgan fingerprint density at radius 1 is 1.07 bits per heavy atom. The second-order valence-corrected chi connectivity index (χ2v) is 9.11. The number of amides is 1. The number of hydrogen-bond acceptors (Lipinski definition) is 5. The van der Waals surface area contributed by atoms with Crippen LogP contribution in [-0.2, 0) is 14.8 Å². The first-order valence-corrected chi connectivity index (χ1v) is 11.1. The smallest absolute Gasteiger partial charge is 0.260 e. The number of nitrogens with zero attached hydrogens (tertiary/aromatic N) is 2. The van der Waals surface area contributed by atoms with E-state index in [1.165, 1.54) is 18.6 Å².